The smallest absolute Gasteiger partial charge is 0.264 e. The number of allylic oxidation sites excluding steroid dienone is 1. The number of halogens is 2. The Morgan fingerprint density at radius 2 is 1.76 bits per heavy atom. The van der Waals surface area contributed by atoms with Crippen LogP contribution in [0, 0.1) is 11.6 Å². The quantitative estimate of drug-likeness (QED) is 0.313. The number of hydrogen-bond donors (Lipinski definition) is 1. The van der Waals surface area contributed by atoms with Crippen LogP contribution in [0.15, 0.2) is 71.9 Å². The predicted octanol–water partition coefficient (Wildman–Crippen LogP) is 4.56. The molecule has 3 heterocycles. The van der Waals surface area contributed by atoms with Gasteiger partial charge in [0.15, 0.2) is 0 Å². The molecule has 1 aliphatic heterocycles. The summed E-state index contributed by atoms with van der Waals surface area (Å²) in [4.78, 5) is 25.0. The second-order valence-corrected chi connectivity index (χ2v) is 11.7. The molecule has 0 radical (unpaired) electrons. The Balaban J connectivity index is 1.49. The first kappa shape index (κ1) is 29.1. The van der Waals surface area contributed by atoms with Gasteiger partial charge in [0.05, 0.1) is 12.6 Å². The number of benzene rings is 2. The minimum Gasteiger partial charge on any atom is -0.480 e. The summed E-state index contributed by atoms with van der Waals surface area (Å²) in [7, 11) is -1.08. The van der Waals surface area contributed by atoms with E-state index in [0.717, 1.165) is 41.7 Å². The van der Waals surface area contributed by atoms with Crippen molar-refractivity contribution in [3.63, 3.8) is 0 Å². The number of methoxy groups -OCH3 is 1. The predicted molar refractivity (Wildman–Crippen MR) is 156 cm³/mol. The van der Waals surface area contributed by atoms with Crippen LogP contribution >= 0.6 is 0 Å². The number of sulfonamides is 1. The van der Waals surface area contributed by atoms with E-state index in [1.54, 1.807) is 12.3 Å². The van der Waals surface area contributed by atoms with Gasteiger partial charge in [-0.3, -0.25) is 14.5 Å². The molecular formula is C30H29F2N5O4S. The monoisotopic (exact) mass is 593 g/mol. The number of rotatable bonds is 7. The lowest BCUT2D eigenvalue weighted by molar-refractivity contribution is -0.127. The molecule has 1 aliphatic rings. The van der Waals surface area contributed by atoms with Gasteiger partial charge in [-0.2, -0.15) is 0 Å². The van der Waals surface area contributed by atoms with Crippen LogP contribution in [0.2, 0.25) is 0 Å². The van der Waals surface area contributed by atoms with Crippen LogP contribution in [0.3, 0.4) is 0 Å². The molecule has 1 saturated heterocycles. The van der Waals surface area contributed by atoms with Crippen LogP contribution in [0.4, 0.5) is 14.5 Å². The molecule has 1 amide bonds. The highest BCUT2D eigenvalue weighted by Gasteiger charge is 2.23. The molecule has 9 nitrogen and oxygen atoms in total. The van der Waals surface area contributed by atoms with Crippen LogP contribution in [0.1, 0.15) is 12.5 Å². The lowest BCUT2D eigenvalue weighted by Gasteiger charge is -2.31. The molecule has 0 aliphatic carbocycles. The highest BCUT2D eigenvalue weighted by Crippen LogP contribution is 2.33. The first-order chi connectivity index (χ1) is 20.1. The van der Waals surface area contributed by atoms with Crippen molar-refractivity contribution >= 4 is 38.1 Å². The minimum absolute atomic E-state index is 0.0286. The van der Waals surface area contributed by atoms with Gasteiger partial charge in [-0.1, -0.05) is 6.07 Å². The third kappa shape index (κ3) is 6.09. The molecule has 218 valence electrons. The third-order valence-electron chi connectivity index (χ3n) is 7.13. The molecule has 1 N–H and O–H groups in total. The summed E-state index contributed by atoms with van der Waals surface area (Å²) in [6, 6.07) is 11.1. The summed E-state index contributed by atoms with van der Waals surface area (Å²) in [6.45, 7) is 4.88. The number of carbonyl (C=O) groups is 1. The number of piperazine rings is 1. The number of nitrogens with zero attached hydrogens (tertiary/aromatic N) is 4. The molecule has 0 atom stereocenters. The Bertz CT molecular complexity index is 1810. The van der Waals surface area contributed by atoms with E-state index in [1.807, 2.05) is 43.1 Å². The standard InChI is InChI=1S/C30H29F2N5O4S/c1-19(14-29(38)37-12-10-36(2)11-13-37)23-8-9-33-26-6-4-20(15-24(23)26)21-16-27(30(41-3)34-18-21)35-42(39,40)28-7-5-22(31)17-25(28)32/h4-9,14-18,35H,10-13H2,1-3H3/b19-14+. The van der Waals surface area contributed by atoms with Crippen molar-refractivity contribution in [3.8, 4) is 17.0 Å². The second-order valence-electron chi connectivity index (χ2n) is 10.0. The molecule has 1 fully saturated rings. The Morgan fingerprint density at radius 3 is 2.48 bits per heavy atom. The summed E-state index contributed by atoms with van der Waals surface area (Å²) in [5.74, 6) is -2.20. The van der Waals surface area contributed by atoms with E-state index in [0.29, 0.717) is 35.8 Å². The minimum atomic E-state index is -4.44. The fourth-order valence-corrected chi connectivity index (χ4v) is 5.90. The number of hydrogen-bond acceptors (Lipinski definition) is 7. The van der Waals surface area contributed by atoms with Crippen molar-refractivity contribution < 1.29 is 26.7 Å². The number of ether oxygens (including phenoxy) is 1. The summed E-state index contributed by atoms with van der Waals surface area (Å²) in [6.07, 6.45) is 4.85. The molecular weight excluding hydrogens is 564 g/mol. The zero-order chi connectivity index (χ0) is 30.0. The van der Waals surface area contributed by atoms with E-state index in [1.165, 1.54) is 19.4 Å². The van der Waals surface area contributed by atoms with Crippen molar-refractivity contribution in [2.45, 2.75) is 11.8 Å². The molecule has 12 heteroatoms. The Kier molecular flexibility index (Phi) is 8.19. The van der Waals surface area contributed by atoms with Crippen molar-refractivity contribution in [2.24, 2.45) is 0 Å². The van der Waals surface area contributed by atoms with Crippen LogP contribution in [0.5, 0.6) is 5.88 Å². The highest BCUT2D eigenvalue weighted by atomic mass is 32.2. The SMILES string of the molecule is COc1ncc(-c2ccc3nccc(/C(C)=C/C(=O)N4CCN(C)CC4)c3c2)cc1NS(=O)(=O)c1ccc(F)cc1F. The average molecular weight is 594 g/mol. The summed E-state index contributed by atoms with van der Waals surface area (Å²) >= 11 is 0. The number of pyridine rings is 2. The molecule has 2 aromatic heterocycles. The van der Waals surface area contributed by atoms with Gasteiger partial charge in [-0.25, -0.2) is 22.2 Å². The second kappa shape index (κ2) is 11.8. The van der Waals surface area contributed by atoms with Crippen molar-refractivity contribution in [1.29, 1.82) is 0 Å². The molecule has 0 saturated carbocycles. The van der Waals surface area contributed by atoms with Gasteiger partial charge in [-0.05, 0) is 67.1 Å². The van der Waals surface area contributed by atoms with E-state index < -0.39 is 26.6 Å². The fraction of sp³-hybridized carbons (Fsp3) is 0.233. The van der Waals surface area contributed by atoms with E-state index in [-0.39, 0.29) is 17.5 Å². The number of anilines is 1. The summed E-state index contributed by atoms with van der Waals surface area (Å²) < 4.78 is 61.1. The van der Waals surface area contributed by atoms with Gasteiger partial charge in [0, 0.05) is 61.7 Å². The number of amides is 1. The first-order valence-corrected chi connectivity index (χ1v) is 14.6. The Morgan fingerprint density at radius 1 is 1.00 bits per heavy atom. The molecule has 4 aromatic rings. The summed E-state index contributed by atoms with van der Waals surface area (Å²) in [5.41, 5.74) is 3.53. The number of nitrogens with one attached hydrogen (secondary N) is 1. The highest BCUT2D eigenvalue weighted by molar-refractivity contribution is 7.92. The maximum Gasteiger partial charge on any atom is 0.264 e. The molecule has 0 unspecified atom stereocenters. The van der Waals surface area contributed by atoms with Crippen molar-refractivity contribution in [1.82, 2.24) is 19.8 Å². The molecule has 0 spiro atoms. The summed E-state index contributed by atoms with van der Waals surface area (Å²) in [5, 5.41) is 0.793. The molecule has 2 aromatic carbocycles. The lowest BCUT2D eigenvalue weighted by Crippen LogP contribution is -2.46. The lowest BCUT2D eigenvalue weighted by atomic mass is 9.98. The molecule has 0 bridgehead atoms. The molecule has 5 rings (SSSR count). The van der Waals surface area contributed by atoms with Gasteiger partial charge in [0.25, 0.3) is 10.0 Å². The van der Waals surface area contributed by atoms with E-state index in [4.69, 9.17) is 4.74 Å². The molecule has 42 heavy (non-hydrogen) atoms. The normalized spacial score (nSPS) is 14.7. The average Bonchev–Trinajstić information content (AvgIpc) is 2.96. The largest absolute Gasteiger partial charge is 0.480 e. The van der Waals surface area contributed by atoms with Crippen molar-refractivity contribution in [3.05, 3.63) is 84.2 Å². The van der Waals surface area contributed by atoms with E-state index in [9.17, 15) is 22.0 Å². The van der Waals surface area contributed by atoms with Gasteiger partial charge >= 0.3 is 0 Å². The Hall–Kier alpha value is -4.42. The van der Waals surface area contributed by atoms with Crippen molar-refractivity contribution in [2.75, 3.05) is 45.1 Å². The van der Waals surface area contributed by atoms with Crippen LogP contribution in [-0.2, 0) is 14.8 Å². The first-order valence-electron chi connectivity index (χ1n) is 13.1. The van der Waals surface area contributed by atoms with Crippen LogP contribution in [0.25, 0.3) is 27.6 Å². The fourth-order valence-electron chi connectivity index (χ4n) is 4.79. The number of carbonyl (C=O) groups excluding carboxylic acids is 1. The third-order valence-corrected chi connectivity index (χ3v) is 8.53. The number of fused-ring (bicyclic) bond motifs is 1. The van der Waals surface area contributed by atoms with Gasteiger partial charge in [-0.15, -0.1) is 0 Å². The zero-order valence-corrected chi connectivity index (χ0v) is 24.1. The van der Waals surface area contributed by atoms with Crippen LogP contribution in [-0.4, -0.2) is 74.4 Å². The van der Waals surface area contributed by atoms with Crippen LogP contribution < -0.4 is 9.46 Å². The maximum atomic E-state index is 14.3. The maximum absolute atomic E-state index is 14.3. The Labute approximate surface area is 242 Å². The van der Waals surface area contributed by atoms with Gasteiger partial charge in [0.2, 0.25) is 11.8 Å². The number of likely N-dealkylation sites (N-methyl/N-ethyl adjacent to an activating group) is 1. The van der Waals surface area contributed by atoms with E-state index in [2.05, 4.69) is 19.6 Å². The van der Waals surface area contributed by atoms with Gasteiger partial charge in [0.1, 0.15) is 22.2 Å². The topological polar surface area (TPSA) is 105 Å². The van der Waals surface area contributed by atoms with E-state index >= 15 is 0 Å². The zero-order valence-electron chi connectivity index (χ0n) is 23.3. The number of aromatic nitrogens is 2. The van der Waals surface area contributed by atoms with Gasteiger partial charge < -0.3 is 14.5 Å².